The van der Waals surface area contributed by atoms with Gasteiger partial charge in [0.15, 0.2) is 16.8 Å². The predicted octanol–water partition coefficient (Wildman–Crippen LogP) is 4.93. The van der Waals surface area contributed by atoms with E-state index in [9.17, 15) is 4.79 Å². The molecule has 0 unspecified atom stereocenters. The first-order valence-electron chi connectivity index (χ1n) is 9.81. The van der Waals surface area contributed by atoms with E-state index in [4.69, 9.17) is 4.74 Å². The van der Waals surface area contributed by atoms with Gasteiger partial charge in [0.05, 0.1) is 24.1 Å². The molecule has 7 heteroatoms. The number of rotatable bonds is 7. The number of pyridine rings is 1. The van der Waals surface area contributed by atoms with Gasteiger partial charge in [-0.3, -0.25) is 14.3 Å². The van der Waals surface area contributed by atoms with Crippen LogP contribution in [0.2, 0.25) is 0 Å². The number of hydrogen-bond acceptors (Lipinski definition) is 6. The molecule has 0 atom stereocenters. The molecule has 0 aliphatic rings. The summed E-state index contributed by atoms with van der Waals surface area (Å²) in [5, 5.41) is 9.48. The molecule has 2 heterocycles. The average molecular weight is 431 g/mol. The van der Waals surface area contributed by atoms with Gasteiger partial charge in [0.2, 0.25) is 0 Å². The Kier molecular flexibility index (Phi) is 6.13. The number of para-hydroxylation sites is 1. The van der Waals surface area contributed by atoms with E-state index >= 15 is 0 Å². The number of aryl methyl sites for hydroxylation is 2. The molecule has 0 bridgehead atoms. The Balaban J connectivity index is 1.70. The third-order valence-electron chi connectivity index (χ3n) is 5.06. The Hall–Kier alpha value is -3.45. The Labute approximate surface area is 185 Å². The van der Waals surface area contributed by atoms with Crippen LogP contribution in [0.15, 0.2) is 72.1 Å². The molecule has 0 amide bonds. The second-order valence-electron chi connectivity index (χ2n) is 7.06. The zero-order valence-electron chi connectivity index (χ0n) is 17.6. The number of aromatic nitrogens is 4. The summed E-state index contributed by atoms with van der Waals surface area (Å²) in [6.45, 7) is 4.16. The van der Waals surface area contributed by atoms with Crippen molar-refractivity contribution in [1.82, 2.24) is 19.7 Å². The maximum absolute atomic E-state index is 12.9. The molecule has 2 aromatic carbocycles. The van der Waals surface area contributed by atoms with E-state index in [2.05, 4.69) is 41.2 Å². The van der Waals surface area contributed by atoms with Gasteiger partial charge in [0, 0.05) is 18.0 Å². The lowest BCUT2D eigenvalue weighted by molar-refractivity contribution is 0.101. The summed E-state index contributed by atoms with van der Waals surface area (Å²) in [5.41, 5.74) is 4.80. The first-order valence-corrected chi connectivity index (χ1v) is 10.8. The number of Topliss-reactive ketones (excluding diaryl/α,β-unsaturated/α-hetero) is 1. The third kappa shape index (κ3) is 4.36. The molecule has 0 spiro atoms. The topological polar surface area (TPSA) is 69.9 Å². The zero-order chi connectivity index (χ0) is 21.8. The molecule has 0 aliphatic carbocycles. The number of benzene rings is 2. The SMILES string of the molecule is COc1ccccc1C(=O)CSc1nnc(-c2ccncc2)n1-c1ccc(C)c(C)c1. The van der Waals surface area contributed by atoms with E-state index < -0.39 is 0 Å². The van der Waals surface area contributed by atoms with Crippen molar-refractivity contribution >= 4 is 17.5 Å². The molecule has 4 rings (SSSR count). The Bertz CT molecular complexity index is 1220. The molecule has 0 radical (unpaired) electrons. The maximum atomic E-state index is 12.9. The number of methoxy groups -OCH3 is 1. The van der Waals surface area contributed by atoms with Gasteiger partial charge < -0.3 is 4.74 Å². The lowest BCUT2D eigenvalue weighted by Crippen LogP contribution is -2.07. The number of carbonyl (C=O) groups is 1. The van der Waals surface area contributed by atoms with Crippen molar-refractivity contribution in [2.45, 2.75) is 19.0 Å². The fourth-order valence-corrected chi connectivity index (χ4v) is 4.07. The van der Waals surface area contributed by atoms with Crippen LogP contribution >= 0.6 is 11.8 Å². The monoisotopic (exact) mass is 430 g/mol. The van der Waals surface area contributed by atoms with Crippen LogP contribution in [0.4, 0.5) is 0 Å². The van der Waals surface area contributed by atoms with Crippen molar-refractivity contribution in [2.24, 2.45) is 0 Å². The van der Waals surface area contributed by atoms with Gasteiger partial charge in [0.25, 0.3) is 0 Å². The van der Waals surface area contributed by atoms with Crippen LogP contribution < -0.4 is 4.74 Å². The van der Waals surface area contributed by atoms with Gasteiger partial charge in [-0.25, -0.2) is 0 Å². The number of nitrogens with zero attached hydrogens (tertiary/aromatic N) is 4. The minimum absolute atomic E-state index is 0.0254. The maximum Gasteiger partial charge on any atom is 0.196 e. The minimum Gasteiger partial charge on any atom is -0.496 e. The summed E-state index contributed by atoms with van der Waals surface area (Å²) < 4.78 is 7.32. The fraction of sp³-hybridized carbons (Fsp3) is 0.167. The van der Waals surface area contributed by atoms with Crippen LogP contribution in [0.25, 0.3) is 17.1 Å². The number of thioether (sulfide) groups is 1. The van der Waals surface area contributed by atoms with Crippen LogP contribution in [-0.2, 0) is 0 Å². The molecule has 0 fully saturated rings. The molecule has 0 N–H and O–H groups in total. The van der Waals surface area contributed by atoms with Gasteiger partial charge in [-0.1, -0.05) is 30.0 Å². The van der Waals surface area contributed by atoms with Gasteiger partial charge in [-0.15, -0.1) is 10.2 Å². The van der Waals surface area contributed by atoms with E-state index in [-0.39, 0.29) is 11.5 Å². The van der Waals surface area contributed by atoms with Crippen molar-refractivity contribution < 1.29 is 9.53 Å². The summed E-state index contributed by atoms with van der Waals surface area (Å²) in [7, 11) is 1.57. The highest BCUT2D eigenvalue weighted by atomic mass is 32.2. The highest BCUT2D eigenvalue weighted by Crippen LogP contribution is 2.29. The van der Waals surface area contributed by atoms with Crippen molar-refractivity contribution in [3.8, 4) is 22.8 Å². The van der Waals surface area contributed by atoms with Gasteiger partial charge >= 0.3 is 0 Å². The Morgan fingerprint density at radius 3 is 2.52 bits per heavy atom. The van der Waals surface area contributed by atoms with Crippen LogP contribution in [-0.4, -0.2) is 38.4 Å². The molecule has 6 nitrogen and oxygen atoms in total. The van der Waals surface area contributed by atoms with E-state index in [1.165, 1.54) is 22.9 Å². The number of hydrogen-bond donors (Lipinski definition) is 0. The minimum atomic E-state index is -0.0254. The smallest absolute Gasteiger partial charge is 0.196 e. The van der Waals surface area contributed by atoms with Crippen molar-refractivity contribution in [3.63, 3.8) is 0 Å². The molecule has 4 aromatic rings. The zero-order valence-corrected chi connectivity index (χ0v) is 18.4. The number of carbonyl (C=O) groups excluding carboxylic acids is 1. The Morgan fingerprint density at radius 1 is 1.00 bits per heavy atom. The molecule has 2 aromatic heterocycles. The normalized spacial score (nSPS) is 10.8. The van der Waals surface area contributed by atoms with E-state index in [0.717, 1.165) is 11.3 Å². The van der Waals surface area contributed by atoms with Gasteiger partial charge in [-0.05, 0) is 61.4 Å². The summed E-state index contributed by atoms with van der Waals surface area (Å²) in [6, 6.07) is 17.3. The molecule has 0 saturated heterocycles. The summed E-state index contributed by atoms with van der Waals surface area (Å²) in [4.78, 5) is 17.0. The molecular weight excluding hydrogens is 408 g/mol. The largest absolute Gasteiger partial charge is 0.496 e. The second kappa shape index (κ2) is 9.14. The lowest BCUT2D eigenvalue weighted by atomic mass is 10.1. The molecule has 0 aliphatic heterocycles. The van der Waals surface area contributed by atoms with Gasteiger partial charge in [-0.2, -0.15) is 0 Å². The highest BCUT2D eigenvalue weighted by Gasteiger charge is 2.19. The van der Waals surface area contributed by atoms with Crippen LogP contribution in [0.1, 0.15) is 21.5 Å². The van der Waals surface area contributed by atoms with E-state index in [1.807, 2.05) is 34.9 Å². The first-order chi connectivity index (χ1) is 15.1. The molecular formula is C24H22N4O2S. The van der Waals surface area contributed by atoms with E-state index in [0.29, 0.717) is 22.3 Å². The highest BCUT2D eigenvalue weighted by molar-refractivity contribution is 7.99. The molecule has 0 saturated carbocycles. The van der Waals surface area contributed by atoms with Gasteiger partial charge in [0.1, 0.15) is 5.75 Å². The number of ketones is 1. The molecule has 31 heavy (non-hydrogen) atoms. The second-order valence-corrected chi connectivity index (χ2v) is 8.00. The van der Waals surface area contributed by atoms with Crippen molar-refractivity contribution in [2.75, 3.05) is 12.9 Å². The summed E-state index contributed by atoms with van der Waals surface area (Å²) >= 11 is 1.36. The number of ether oxygens (including phenoxy) is 1. The quantitative estimate of drug-likeness (QED) is 0.306. The molecule has 156 valence electrons. The van der Waals surface area contributed by atoms with Crippen LogP contribution in [0, 0.1) is 13.8 Å². The first kappa shape index (κ1) is 20.8. The lowest BCUT2D eigenvalue weighted by Gasteiger charge is -2.12. The Morgan fingerprint density at radius 2 is 1.77 bits per heavy atom. The standard InChI is InChI=1S/C24H22N4O2S/c1-16-8-9-19(14-17(16)2)28-23(18-10-12-25-13-11-18)26-27-24(28)31-15-21(29)20-6-4-5-7-22(20)30-3/h4-14H,15H2,1-3H3. The van der Waals surface area contributed by atoms with E-state index in [1.54, 1.807) is 31.6 Å². The van der Waals surface area contributed by atoms with Crippen LogP contribution in [0.3, 0.4) is 0 Å². The predicted molar refractivity (Wildman–Crippen MR) is 122 cm³/mol. The third-order valence-corrected chi connectivity index (χ3v) is 5.99. The average Bonchev–Trinajstić information content (AvgIpc) is 3.23. The van der Waals surface area contributed by atoms with Crippen molar-refractivity contribution in [3.05, 3.63) is 83.7 Å². The van der Waals surface area contributed by atoms with Crippen LogP contribution in [0.5, 0.6) is 5.75 Å². The summed E-state index contributed by atoms with van der Waals surface area (Å²) in [5.74, 6) is 1.47. The fourth-order valence-electron chi connectivity index (χ4n) is 3.23. The van der Waals surface area contributed by atoms with Crippen molar-refractivity contribution in [1.29, 1.82) is 0 Å². The summed E-state index contributed by atoms with van der Waals surface area (Å²) in [6.07, 6.45) is 3.46.